The van der Waals surface area contributed by atoms with Crippen LogP contribution in [0.5, 0.6) is 0 Å². The number of hydrogen-bond donors (Lipinski definition) is 0. The summed E-state index contributed by atoms with van der Waals surface area (Å²) in [7, 11) is 0. The van der Waals surface area contributed by atoms with Crippen LogP contribution in [0.1, 0.15) is 15.9 Å². The van der Waals surface area contributed by atoms with Crippen LogP contribution >= 0.6 is 27.3 Å². The molecule has 0 radical (unpaired) electrons. The number of carbonyl (C=O) groups excluding carboxylic acids is 1. The van der Waals surface area contributed by atoms with E-state index in [4.69, 9.17) is 0 Å². The summed E-state index contributed by atoms with van der Waals surface area (Å²) in [5.41, 5.74) is 1.91. The van der Waals surface area contributed by atoms with Crippen molar-refractivity contribution in [2.24, 2.45) is 0 Å². The fraction of sp³-hybridized carbons (Fsp3) is 0.0714. The molecule has 1 nitrogen and oxygen atoms in total. The van der Waals surface area contributed by atoms with Gasteiger partial charge in [-0.1, -0.05) is 15.9 Å². The molecule has 0 aliphatic carbocycles. The molecule has 0 atom stereocenters. The predicted molar refractivity (Wildman–Crippen MR) is 77.2 cm³/mol. The van der Waals surface area contributed by atoms with Crippen LogP contribution in [0, 0.1) is 6.92 Å². The summed E-state index contributed by atoms with van der Waals surface area (Å²) in [6.45, 7) is 2.02. The molecule has 2 aromatic carbocycles. The minimum Gasteiger partial charge on any atom is -0.298 e. The van der Waals surface area contributed by atoms with Gasteiger partial charge in [-0.05, 0) is 42.8 Å². The lowest BCUT2D eigenvalue weighted by molar-refractivity contribution is 0.112. The van der Waals surface area contributed by atoms with E-state index in [-0.39, 0.29) is 0 Å². The summed E-state index contributed by atoms with van der Waals surface area (Å²) in [6, 6.07) is 10.3. The predicted octanol–water partition coefficient (Wildman–Crippen LogP) is 4.94. The highest BCUT2D eigenvalue weighted by Gasteiger charge is 2.10. The van der Waals surface area contributed by atoms with Crippen molar-refractivity contribution in [2.75, 3.05) is 0 Å². The number of rotatable bonds is 1. The first-order valence-corrected chi connectivity index (χ1v) is 6.87. The second-order valence-corrected chi connectivity index (χ2v) is 6.09. The second-order valence-electron chi connectivity index (χ2n) is 4.09. The van der Waals surface area contributed by atoms with Crippen LogP contribution in [0.4, 0.5) is 0 Å². The van der Waals surface area contributed by atoms with Crippen molar-refractivity contribution in [1.82, 2.24) is 0 Å². The minimum atomic E-state index is 0.782. The SMILES string of the molecule is Cc1cc(C=O)c2c(c1)sc1ccc(Br)cc12. The van der Waals surface area contributed by atoms with Gasteiger partial charge in [0.05, 0.1) is 0 Å². The topological polar surface area (TPSA) is 17.1 Å². The van der Waals surface area contributed by atoms with E-state index in [2.05, 4.69) is 34.1 Å². The number of aldehydes is 1. The Balaban J connectivity index is 2.58. The molecule has 3 heteroatoms. The van der Waals surface area contributed by atoms with Crippen LogP contribution in [-0.2, 0) is 0 Å². The van der Waals surface area contributed by atoms with E-state index >= 15 is 0 Å². The lowest BCUT2D eigenvalue weighted by Gasteiger charge is -1.99. The summed E-state index contributed by atoms with van der Waals surface area (Å²) in [5, 5.41) is 2.23. The molecule has 3 rings (SSSR count). The molecule has 1 heterocycles. The van der Waals surface area contributed by atoms with Crippen LogP contribution in [0.25, 0.3) is 20.2 Å². The van der Waals surface area contributed by atoms with Crippen molar-refractivity contribution in [1.29, 1.82) is 0 Å². The second kappa shape index (κ2) is 3.93. The Bertz CT molecular complexity index is 743. The van der Waals surface area contributed by atoms with Crippen molar-refractivity contribution in [2.45, 2.75) is 6.92 Å². The molecule has 0 saturated heterocycles. The molecule has 0 aliphatic rings. The lowest BCUT2D eigenvalue weighted by Crippen LogP contribution is -1.83. The third kappa shape index (κ3) is 1.70. The van der Waals surface area contributed by atoms with Gasteiger partial charge in [-0.2, -0.15) is 0 Å². The average molecular weight is 305 g/mol. The van der Waals surface area contributed by atoms with Crippen molar-refractivity contribution >= 4 is 53.7 Å². The van der Waals surface area contributed by atoms with Gasteiger partial charge in [0.2, 0.25) is 0 Å². The summed E-state index contributed by atoms with van der Waals surface area (Å²) in [4.78, 5) is 11.2. The summed E-state index contributed by atoms with van der Waals surface area (Å²) >= 11 is 5.21. The lowest BCUT2D eigenvalue weighted by atomic mass is 10.0. The van der Waals surface area contributed by atoms with E-state index in [1.165, 1.54) is 9.40 Å². The normalized spacial score (nSPS) is 11.2. The Morgan fingerprint density at radius 1 is 1.18 bits per heavy atom. The highest BCUT2D eigenvalue weighted by molar-refractivity contribution is 9.10. The summed E-state index contributed by atoms with van der Waals surface area (Å²) < 4.78 is 3.44. The van der Waals surface area contributed by atoms with Crippen molar-refractivity contribution in [3.05, 3.63) is 45.9 Å². The molecular formula is C14H9BrOS. The number of hydrogen-bond acceptors (Lipinski definition) is 2. The van der Waals surface area contributed by atoms with Gasteiger partial charge in [0.1, 0.15) is 0 Å². The molecule has 0 fully saturated rings. The maximum atomic E-state index is 11.2. The first-order valence-electron chi connectivity index (χ1n) is 5.26. The standard InChI is InChI=1S/C14H9BrOS/c1-8-4-9(7-16)14-11-6-10(15)2-3-12(11)17-13(14)5-8/h2-7H,1H3. The molecule has 1 aromatic heterocycles. The third-order valence-corrected chi connectivity index (χ3v) is 4.45. The molecule has 0 N–H and O–H groups in total. The van der Waals surface area contributed by atoms with E-state index in [0.717, 1.165) is 32.7 Å². The average Bonchev–Trinajstić information content (AvgIpc) is 2.65. The van der Waals surface area contributed by atoms with Crippen molar-refractivity contribution < 1.29 is 4.79 Å². The minimum absolute atomic E-state index is 0.782. The van der Waals surface area contributed by atoms with Gasteiger partial charge in [0.15, 0.2) is 6.29 Å². The number of carbonyl (C=O) groups is 1. The summed E-state index contributed by atoms with van der Waals surface area (Å²) in [6.07, 6.45) is 0.947. The van der Waals surface area contributed by atoms with Gasteiger partial charge in [-0.3, -0.25) is 4.79 Å². The van der Waals surface area contributed by atoms with Crippen LogP contribution in [0.2, 0.25) is 0 Å². The zero-order valence-electron chi connectivity index (χ0n) is 9.16. The zero-order valence-corrected chi connectivity index (χ0v) is 11.6. The van der Waals surface area contributed by atoms with Gasteiger partial charge in [-0.25, -0.2) is 0 Å². The monoisotopic (exact) mass is 304 g/mol. The Morgan fingerprint density at radius 2 is 2.00 bits per heavy atom. The quantitative estimate of drug-likeness (QED) is 0.582. The molecule has 0 bridgehead atoms. The first-order chi connectivity index (χ1) is 8.19. The molecule has 3 aromatic rings. The fourth-order valence-electron chi connectivity index (χ4n) is 2.15. The highest BCUT2D eigenvalue weighted by Crippen LogP contribution is 2.37. The highest BCUT2D eigenvalue weighted by atomic mass is 79.9. The molecule has 0 amide bonds. The molecule has 84 valence electrons. The fourth-order valence-corrected chi connectivity index (χ4v) is 3.73. The van der Waals surface area contributed by atoms with Gasteiger partial charge < -0.3 is 0 Å². The molecule has 17 heavy (non-hydrogen) atoms. The molecular weight excluding hydrogens is 296 g/mol. The number of thiophene rings is 1. The Labute approximate surface area is 111 Å². The van der Waals surface area contributed by atoms with Gasteiger partial charge in [0, 0.05) is 30.2 Å². The number of fused-ring (bicyclic) bond motifs is 3. The van der Waals surface area contributed by atoms with E-state index < -0.39 is 0 Å². The van der Waals surface area contributed by atoms with E-state index in [1.54, 1.807) is 11.3 Å². The summed E-state index contributed by atoms with van der Waals surface area (Å²) in [5.74, 6) is 0. The maximum Gasteiger partial charge on any atom is 0.150 e. The van der Waals surface area contributed by atoms with Crippen LogP contribution in [0.15, 0.2) is 34.8 Å². The van der Waals surface area contributed by atoms with Gasteiger partial charge in [-0.15, -0.1) is 11.3 Å². The van der Waals surface area contributed by atoms with Gasteiger partial charge >= 0.3 is 0 Å². The number of aryl methyl sites for hydroxylation is 1. The molecule has 0 aliphatic heterocycles. The Morgan fingerprint density at radius 3 is 2.76 bits per heavy atom. The van der Waals surface area contributed by atoms with Crippen LogP contribution in [-0.4, -0.2) is 6.29 Å². The van der Waals surface area contributed by atoms with Crippen molar-refractivity contribution in [3.8, 4) is 0 Å². The van der Waals surface area contributed by atoms with E-state index in [1.807, 2.05) is 19.1 Å². The molecule has 0 saturated carbocycles. The van der Waals surface area contributed by atoms with Crippen LogP contribution < -0.4 is 0 Å². The number of benzene rings is 2. The Kier molecular flexibility index (Phi) is 2.53. The Hall–Kier alpha value is -1.19. The van der Waals surface area contributed by atoms with Gasteiger partial charge in [0.25, 0.3) is 0 Å². The number of halogens is 1. The largest absolute Gasteiger partial charge is 0.298 e. The smallest absolute Gasteiger partial charge is 0.150 e. The molecule has 0 unspecified atom stereocenters. The zero-order chi connectivity index (χ0) is 12.0. The third-order valence-electron chi connectivity index (χ3n) is 2.83. The first kappa shape index (κ1) is 10.9. The van der Waals surface area contributed by atoms with E-state index in [0.29, 0.717) is 0 Å². The molecule has 0 spiro atoms. The van der Waals surface area contributed by atoms with E-state index in [9.17, 15) is 4.79 Å². The maximum absolute atomic E-state index is 11.2. The van der Waals surface area contributed by atoms with Crippen LogP contribution in [0.3, 0.4) is 0 Å². The van der Waals surface area contributed by atoms with Crippen molar-refractivity contribution in [3.63, 3.8) is 0 Å².